The van der Waals surface area contributed by atoms with Crippen molar-refractivity contribution in [3.05, 3.63) is 50.7 Å². The molecule has 0 spiro atoms. The lowest BCUT2D eigenvalue weighted by atomic mass is 10.0. The molecule has 4 heteroatoms. The van der Waals surface area contributed by atoms with Gasteiger partial charge in [-0.25, -0.2) is 0 Å². The van der Waals surface area contributed by atoms with Crippen LogP contribution in [0.3, 0.4) is 0 Å². The molecule has 1 aromatic carbocycles. The van der Waals surface area contributed by atoms with Gasteiger partial charge in [0.15, 0.2) is 0 Å². The molecule has 20 heavy (non-hydrogen) atoms. The second-order valence-electron chi connectivity index (χ2n) is 4.88. The van der Waals surface area contributed by atoms with Crippen molar-refractivity contribution in [2.24, 2.45) is 0 Å². The first-order chi connectivity index (χ1) is 9.60. The van der Waals surface area contributed by atoms with Gasteiger partial charge in [-0.2, -0.15) is 0 Å². The lowest BCUT2D eigenvalue weighted by molar-refractivity contribution is 0.401. The van der Waals surface area contributed by atoms with Crippen molar-refractivity contribution in [1.29, 1.82) is 0 Å². The van der Waals surface area contributed by atoms with Gasteiger partial charge in [0, 0.05) is 23.0 Å². The highest BCUT2D eigenvalue weighted by molar-refractivity contribution is 7.16. The fourth-order valence-corrected chi connectivity index (χ4v) is 3.27. The smallest absolute Gasteiger partial charge is 0.123 e. The van der Waals surface area contributed by atoms with E-state index in [1.807, 2.05) is 6.07 Å². The van der Waals surface area contributed by atoms with Gasteiger partial charge < -0.3 is 10.1 Å². The molecule has 0 aliphatic heterocycles. The van der Waals surface area contributed by atoms with E-state index in [1.165, 1.54) is 16.0 Å². The maximum Gasteiger partial charge on any atom is 0.123 e. The Morgan fingerprint density at radius 3 is 2.75 bits per heavy atom. The van der Waals surface area contributed by atoms with Crippen molar-refractivity contribution in [3.63, 3.8) is 0 Å². The average Bonchev–Trinajstić information content (AvgIpc) is 2.84. The summed E-state index contributed by atoms with van der Waals surface area (Å²) in [6.45, 7) is 5.16. The summed E-state index contributed by atoms with van der Waals surface area (Å²) in [6, 6.07) is 10.6. The van der Waals surface area contributed by atoms with Gasteiger partial charge in [-0.05, 0) is 44.0 Å². The third kappa shape index (κ3) is 3.98. The molecule has 1 atom stereocenters. The maximum absolute atomic E-state index is 5.93. The summed E-state index contributed by atoms with van der Waals surface area (Å²) in [5, 5.41) is 3.53. The standard InChI is InChI=1S/C16H20ClNOS/c1-11-4-6-14(15(10-11)19-3)12(2)18-9-8-13-5-7-16(17)20-13/h4-7,10,12,18H,8-9H2,1-3H3. The third-order valence-corrected chi connectivity index (χ3v) is 4.60. The van der Waals surface area contributed by atoms with E-state index in [0.717, 1.165) is 23.1 Å². The van der Waals surface area contributed by atoms with Crippen LogP contribution in [0.1, 0.15) is 29.0 Å². The maximum atomic E-state index is 5.93. The number of ether oxygens (including phenoxy) is 1. The molecule has 2 nitrogen and oxygen atoms in total. The van der Waals surface area contributed by atoms with Crippen LogP contribution in [-0.2, 0) is 6.42 Å². The zero-order valence-corrected chi connectivity index (χ0v) is 13.6. The summed E-state index contributed by atoms with van der Waals surface area (Å²) in [5.74, 6) is 0.948. The van der Waals surface area contributed by atoms with Gasteiger partial charge in [0.1, 0.15) is 5.75 Å². The molecule has 0 aliphatic carbocycles. The van der Waals surface area contributed by atoms with E-state index >= 15 is 0 Å². The van der Waals surface area contributed by atoms with Crippen LogP contribution in [0.15, 0.2) is 30.3 Å². The normalized spacial score (nSPS) is 12.4. The molecule has 1 unspecified atom stereocenters. The van der Waals surface area contributed by atoms with Crippen molar-refractivity contribution >= 4 is 22.9 Å². The fourth-order valence-electron chi connectivity index (χ4n) is 2.18. The first-order valence-corrected chi connectivity index (χ1v) is 7.91. The van der Waals surface area contributed by atoms with E-state index in [0.29, 0.717) is 0 Å². The Balaban J connectivity index is 1.93. The van der Waals surface area contributed by atoms with Gasteiger partial charge in [-0.1, -0.05) is 23.7 Å². The molecule has 108 valence electrons. The topological polar surface area (TPSA) is 21.3 Å². The second kappa shape index (κ2) is 7.11. The molecule has 1 aromatic heterocycles. The second-order valence-corrected chi connectivity index (χ2v) is 6.68. The highest BCUT2D eigenvalue weighted by Gasteiger charge is 2.11. The third-order valence-electron chi connectivity index (χ3n) is 3.31. The van der Waals surface area contributed by atoms with Gasteiger partial charge in [-0.15, -0.1) is 11.3 Å². The van der Waals surface area contributed by atoms with Crippen LogP contribution in [0, 0.1) is 6.92 Å². The number of hydrogen-bond donors (Lipinski definition) is 1. The van der Waals surface area contributed by atoms with Crippen molar-refractivity contribution in [3.8, 4) is 5.75 Å². The quantitative estimate of drug-likeness (QED) is 0.841. The summed E-state index contributed by atoms with van der Waals surface area (Å²) in [7, 11) is 1.72. The predicted molar refractivity (Wildman–Crippen MR) is 87.2 cm³/mol. The SMILES string of the molecule is COc1cc(C)ccc1C(C)NCCc1ccc(Cl)s1. The number of hydrogen-bond acceptors (Lipinski definition) is 3. The van der Waals surface area contributed by atoms with Crippen molar-refractivity contribution < 1.29 is 4.74 Å². The van der Waals surface area contributed by atoms with Crippen LogP contribution >= 0.6 is 22.9 Å². The zero-order valence-electron chi connectivity index (χ0n) is 12.1. The Bertz CT molecular complexity index is 567. The van der Waals surface area contributed by atoms with Crippen molar-refractivity contribution in [2.45, 2.75) is 26.3 Å². The van der Waals surface area contributed by atoms with E-state index in [9.17, 15) is 0 Å². The van der Waals surface area contributed by atoms with Crippen LogP contribution in [0.2, 0.25) is 4.34 Å². The number of thiophene rings is 1. The van der Waals surface area contributed by atoms with Gasteiger partial charge in [0.2, 0.25) is 0 Å². The molecule has 0 aliphatic rings. The molecular formula is C16H20ClNOS. The molecule has 0 saturated heterocycles. The highest BCUT2D eigenvalue weighted by atomic mass is 35.5. The Labute approximate surface area is 129 Å². The summed E-state index contributed by atoms with van der Waals surface area (Å²) in [5.41, 5.74) is 2.41. The van der Waals surface area contributed by atoms with E-state index in [2.05, 4.69) is 43.4 Å². The molecule has 2 rings (SSSR count). The largest absolute Gasteiger partial charge is 0.496 e. The van der Waals surface area contributed by atoms with E-state index in [-0.39, 0.29) is 6.04 Å². The summed E-state index contributed by atoms with van der Waals surface area (Å²) in [4.78, 5) is 1.31. The molecule has 2 aromatic rings. The van der Waals surface area contributed by atoms with Crippen LogP contribution in [-0.4, -0.2) is 13.7 Å². The van der Waals surface area contributed by atoms with Crippen molar-refractivity contribution in [2.75, 3.05) is 13.7 Å². The zero-order chi connectivity index (χ0) is 14.5. The Kier molecular flexibility index (Phi) is 5.46. The van der Waals surface area contributed by atoms with Gasteiger partial charge >= 0.3 is 0 Å². The minimum Gasteiger partial charge on any atom is -0.496 e. The summed E-state index contributed by atoms with van der Waals surface area (Å²) in [6.07, 6.45) is 0.996. The first-order valence-electron chi connectivity index (χ1n) is 6.72. The monoisotopic (exact) mass is 309 g/mol. The number of methoxy groups -OCH3 is 1. The minimum atomic E-state index is 0.265. The van der Waals surface area contributed by atoms with Crippen LogP contribution < -0.4 is 10.1 Å². The Morgan fingerprint density at radius 1 is 1.30 bits per heavy atom. The average molecular weight is 310 g/mol. The van der Waals surface area contributed by atoms with Crippen LogP contribution in [0.25, 0.3) is 0 Å². The number of benzene rings is 1. The number of halogens is 1. The fraction of sp³-hybridized carbons (Fsp3) is 0.375. The number of rotatable bonds is 6. The highest BCUT2D eigenvalue weighted by Crippen LogP contribution is 2.26. The summed E-state index contributed by atoms with van der Waals surface area (Å²) >= 11 is 7.58. The van der Waals surface area contributed by atoms with Gasteiger partial charge in [0.25, 0.3) is 0 Å². The molecule has 0 radical (unpaired) electrons. The molecular weight excluding hydrogens is 290 g/mol. The van der Waals surface area contributed by atoms with E-state index in [4.69, 9.17) is 16.3 Å². The molecule has 0 bridgehead atoms. The molecule has 1 N–H and O–H groups in total. The van der Waals surface area contributed by atoms with E-state index in [1.54, 1.807) is 18.4 Å². The first kappa shape index (κ1) is 15.4. The predicted octanol–water partition coefficient (Wildman–Crippen LogP) is 4.61. The lowest BCUT2D eigenvalue weighted by Gasteiger charge is -2.17. The van der Waals surface area contributed by atoms with Gasteiger partial charge in [-0.3, -0.25) is 0 Å². The number of nitrogens with one attached hydrogen (secondary N) is 1. The molecule has 0 saturated carbocycles. The molecule has 0 amide bonds. The Morgan fingerprint density at radius 2 is 2.10 bits per heavy atom. The number of aryl methyl sites for hydroxylation is 1. The Hall–Kier alpha value is -1.03. The molecule has 0 fully saturated rings. The van der Waals surface area contributed by atoms with Crippen LogP contribution in [0.5, 0.6) is 5.75 Å². The minimum absolute atomic E-state index is 0.265. The molecule has 1 heterocycles. The van der Waals surface area contributed by atoms with Crippen LogP contribution in [0.4, 0.5) is 0 Å². The lowest BCUT2D eigenvalue weighted by Crippen LogP contribution is -2.21. The van der Waals surface area contributed by atoms with E-state index < -0.39 is 0 Å². The van der Waals surface area contributed by atoms with Gasteiger partial charge in [0.05, 0.1) is 11.4 Å². The summed E-state index contributed by atoms with van der Waals surface area (Å²) < 4.78 is 6.31. The van der Waals surface area contributed by atoms with Crippen molar-refractivity contribution in [1.82, 2.24) is 5.32 Å².